The van der Waals surface area contributed by atoms with Gasteiger partial charge in [-0.05, 0) is 18.2 Å². The summed E-state index contributed by atoms with van der Waals surface area (Å²) in [6.07, 6.45) is -3.54. The molecule has 0 aliphatic carbocycles. The van der Waals surface area contributed by atoms with Crippen molar-refractivity contribution in [2.24, 2.45) is 0 Å². The summed E-state index contributed by atoms with van der Waals surface area (Å²) in [5.41, 5.74) is -1.94. The molecule has 1 aromatic carbocycles. The Bertz CT molecular complexity index is 676. The molecule has 0 saturated carbocycles. The average Bonchev–Trinajstić information content (AvgIpc) is 2.40. The number of carbonyl (C=O) groups is 1. The lowest BCUT2D eigenvalue weighted by Gasteiger charge is -2.11. The van der Waals surface area contributed by atoms with Gasteiger partial charge in [0.15, 0.2) is 5.57 Å². The van der Waals surface area contributed by atoms with Crippen molar-refractivity contribution in [3.8, 4) is 6.07 Å². The van der Waals surface area contributed by atoms with Gasteiger partial charge >= 0.3 is 6.18 Å². The maximum Gasteiger partial charge on any atom is 0.417 e. The van der Waals surface area contributed by atoms with Crippen LogP contribution in [0.4, 0.5) is 18.9 Å². The van der Waals surface area contributed by atoms with Gasteiger partial charge in [-0.25, -0.2) is 0 Å². The van der Waals surface area contributed by atoms with Gasteiger partial charge in [0.25, 0.3) is 5.91 Å². The molecule has 0 radical (unpaired) electrons. The third-order valence-corrected chi connectivity index (χ3v) is 2.82. The van der Waals surface area contributed by atoms with Crippen molar-refractivity contribution < 1.29 is 23.1 Å². The number of nitrogens with one attached hydrogen (secondary N) is 1. The summed E-state index contributed by atoms with van der Waals surface area (Å²) in [4.78, 5) is 11.8. The van der Waals surface area contributed by atoms with Crippen LogP contribution in [0.2, 0.25) is 5.02 Å². The van der Waals surface area contributed by atoms with E-state index in [-0.39, 0.29) is 12.1 Å². The van der Waals surface area contributed by atoms with Crippen LogP contribution in [-0.4, -0.2) is 11.0 Å². The minimum Gasteiger partial charge on any atom is -0.510 e. The Morgan fingerprint density at radius 1 is 1.50 bits per heavy atom. The molecule has 0 atom stereocenters. The van der Waals surface area contributed by atoms with Gasteiger partial charge in [-0.2, -0.15) is 18.4 Å². The highest BCUT2D eigenvalue weighted by Crippen LogP contribution is 2.36. The van der Waals surface area contributed by atoms with Crippen LogP contribution in [0.5, 0.6) is 0 Å². The second-order valence-corrected chi connectivity index (χ2v) is 4.48. The van der Waals surface area contributed by atoms with E-state index < -0.39 is 34.0 Å². The number of rotatable bonds is 4. The van der Waals surface area contributed by atoms with Gasteiger partial charge in [0, 0.05) is 12.1 Å². The van der Waals surface area contributed by atoms with E-state index in [4.69, 9.17) is 16.9 Å². The summed E-state index contributed by atoms with van der Waals surface area (Å²) in [6, 6.07) is 4.24. The normalized spacial score (nSPS) is 12.1. The molecular weight excluding hydrogens is 321 g/mol. The van der Waals surface area contributed by atoms with E-state index in [1.54, 1.807) is 0 Å². The van der Waals surface area contributed by atoms with Gasteiger partial charge in [-0.1, -0.05) is 17.7 Å². The molecule has 0 aliphatic heterocycles. The number of nitrogens with zero attached hydrogens (tertiary/aromatic N) is 1. The summed E-state index contributed by atoms with van der Waals surface area (Å²) in [6.45, 7) is 3.33. The van der Waals surface area contributed by atoms with Gasteiger partial charge in [-0.15, -0.1) is 6.58 Å². The summed E-state index contributed by atoms with van der Waals surface area (Å²) in [5, 5.41) is 19.9. The van der Waals surface area contributed by atoms with E-state index in [1.807, 2.05) is 0 Å². The molecule has 1 rings (SSSR count). The average molecular weight is 331 g/mol. The number of allylic oxidation sites excluding steroid dienone is 1. The number of aliphatic hydroxyl groups excluding tert-OH is 1. The largest absolute Gasteiger partial charge is 0.510 e. The molecule has 0 bridgehead atoms. The number of benzene rings is 1. The minimum absolute atomic E-state index is 0.120. The van der Waals surface area contributed by atoms with Gasteiger partial charge in [0.2, 0.25) is 0 Å². The Labute approximate surface area is 129 Å². The lowest BCUT2D eigenvalue weighted by Crippen LogP contribution is -2.16. The summed E-state index contributed by atoms with van der Waals surface area (Å²) in [7, 11) is 0. The highest BCUT2D eigenvalue weighted by molar-refractivity contribution is 6.31. The van der Waals surface area contributed by atoms with Crippen molar-refractivity contribution in [1.82, 2.24) is 0 Å². The standard InChI is InChI=1S/C14H10ClF3N2O2/c1-2-3-12(21)9(7-19)13(22)20-8-4-5-11(15)10(6-8)14(16,17)18/h2,4-6,21H,1,3H2,(H,20,22). The number of aliphatic hydroxyl groups is 1. The fraction of sp³-hybridized carbons (Fsp3) is 0.143. The van der Waals surface area contributed by atoms with E-state index in [0.717, 1.165) is 12.1 Å². The molecule has 0 saturated heterocycles. The van der Waals surface area contributed by atoms with Crippen LogP contribution in [-0.2, 0) is 11.0 Å². The first kappa shape index (κ1) is 17.6. The Balaban J connectivity index is 3.11. The second kappa shape index (κ2) is 7.00. The quantitative estimate of drug-likeness (QED) is 0.376. The predicted molar refractivity (Wildman–Crippen MR) is 75.2 cm³/mol. The molecule has 0 aliphatic rings. The van der Waals surface area contributed by atoms with E-state index in [9.17, 15) is 23.1 Å². The first-order chi connectivity index (χ1) is 10.2. The molecule has 22 heavy (non-hydrogen) atoms. The number of anilines is 1. The molecule has 4 nitrogen and oxygen atoms in total. The lowest BCUT2D eigenvalue weighted by molar-refractivity contribution is -0.137. The zero-order valence-corrected chi connectivity index (χ0v) is 11.8. The van der Waals surface area contributed by atoms with Crippen molar-refractivity contribution >= 4 is 23.2 Å². The van der Waals surface area contributed by atoms with Gasteiger partial charge in [0.1, 0.15) is 11.8 Å². The number of hydrogen-bond acceptors (Lipinski definition) is 3. The molecule has 1 amide bonds. The van der Waals surface area contributed by atoms with E-state index >= 15 is 0 Å². The van der Waals surface area contributed by atoms with Gasteiger partial charge < -0.3 is 10.4 Å². The van der Waals surface area contributed by atoms with Crippen molar-refractivity contribution in [2.45, 2.75) is 12.6 Å². The molecule has 2 N–H and O–H groups in total. The monoisotopic (exact) mass is 330 g/mol. The molecule has 0 fully saturated rings. The SMILES string of the molecule is C=CCC(O)=C(C#N)C(=O)Nc1ccc(Cl)c(C(F)(F)F)c1. The zero-order chi connectivity index (χ0) is 16.9. The molecule has 116 valence electrons. The van der Waals surface area contributed by atoms with Crippen molar-refractivity contribution in [3.05, 3.63) is 52.8 Å². The number of nitriles is 1. The van der Waals surface area contributed by atoms with Crippen LogP contribution in [0.1, 0.15) is 12.0 Å². The van der Waals surface area contributed by atoms with Crippen LogP contribution < -0.4 is 5.32 Å². The zero-order valence-electron chi connectivity index (χ0n) is 11.0. The lowest BCUT2D eigenvalue weighted by atomic mass is 10.1. The van der Waals surface area contributed by atoms with Crippen LogP contribution in [0.15, 0.2) is 42.2 Å². The van der Waals surface area contributed by atoms with Gasteiger partial charge in [-0.3, -0.25) is 4.79 Å². The fourth-order valence-corrected chi connectivity index (χ4v) is 1.72. The van der Waals surface area contributed by atoms with Crippen molar-refractivity contribution in [1.29, 1.82) is 5.26 Å². The van der Waals surface area contributed by atoms with E-state index in [2.05, 4.69) is 11.9 Å². The predicted octanol–water partition coefficient (Wildman–Crippen LogP) is 4.21. The molecular formula is C14H10ClF3N2O2. The second-order valence-electron chi connectivity index (χ2n) is 4.07. The number of hydrogen-bond donors (Lipinski definition) is 2. The molecule has 0 unspecified atom stereocenters. The third-order valence-electron chi connectivity index (χ3n) is 2.49. The Morgan fingerprint density at radius 2 is 2.14 bits per heavy atom. The van der Waals surface area contributed by atoms with Crippen LogP contribution in [0.25, 0.3) is 0 Å². The topological polar surface area (TPSA) is 73.1 Å². The number of alkyl halides is 3. The van der Waals surface area contributed by atoms with Crippen molar-refractivity contribution in [2.75, 3.05) is 5.32 Å². The van der Waals surface area contributed by atoms with E-state index in [0.29, 0.717) is 6.07 Å². The molecule has 8 heteroatoms. The van der Waals surface area contributed by atoms with Crippen LogP contribution in [0, 0.1) is 11.3 Å². The minimum atomic E-state index is -4.68. The molecule has 0 spiro atoms. The van der Waals surface area contributed by atoms with E-state index in [1.165, 1.54) is 12.1 Å². The number of carbonyl (C=O) groups excluding carboxylic acids is 1. The fourth-order valence-electron chi connectivity index (χ4n) is 1.50. The first-order valence-corrected chi connectivity index (χ1v) is 6.19. The summed E-state index contributed by atoms with van der Waals surface area (Å²) < 4.78 is 38.1. The summed E-state index contributed by atoms with van der Waals surface area (Å²) in [5.74, 6) is -1.56. The first-order valence-electron chi connectivity index (χ1n) is 5.82. The Hall–Kier alpha value is -2.46. The number of halogens is 4. The Kier molecular flexibility index (Phi) is 5.60. The highest BCUT2D eigenvalue weighted by Gasteiger charge is 2.33. The number of amides is 1. The molecule has 1 aromatic rings. The molecule has 0 heterocycles. The third kappa shape index (κ3) is 4.27. The van der Waals surface area contributed by atoms with Crippen molar-refractivity contribution in [3.63, 3.8) is 0 Å². The van der Waals surface area contributed by atoms with Crippen LogP contribution in [0.3, 0.4) is 0 Å². The molecule has 0 aromatic heterocycles. The summed E-state index contributed by atoms with van der Waals surface area (Å²) >= 11 is 5.45. The maximum atomic E-state index is 12.7. The maximum absolute atomic E-state index is 12.7. The highest BCUT2D eigenvalue weighted by atomic mass is 35.5. The smallest absolute Gasteiger partial charge is 0.417 e. The van der Waals surface area contributed by atoms with Crippen LogP contribution >= 0.6 is 11.6 Å². The Morgan fingerprint density at radius 3 is 2.64 bits per heavy atom. The van der Waals surface area contributed by atoms with Gasteiger partial charge in [0.05, 0.1) is 10.6 Å².